The number of para-hydroxylation sites is 2. The summed E-state index contributed by atoms with van der Waals surface area (Å²) in [6.45, 7) is 1.84. The van der Waals surface area contributed by atoms with Crippen molar-refractivity contribution in [1.82, 2.24) is 28.9 Å². The summed E-state index contributed by atoms with van der Waals surface area (Å²) in [5.74, 6) is 0.941. The second kappa shape index (κ2) is 7.41. The van der Waals surface area contributed by atoms with Crippen molar-refractivity contribution in [3.05, 3.63) is 81.9 Å². The Morgan fingerprint density at radius 3 is 2.58 bits per heavy atom. The first-order valence-corrected chi connectivity index (χ1v) is 10.6. The highest BCUT2D eigenvalue weighted by atomic mass is 32.2. The van der Waals surface area contributed by atoms with Gasteiger partial charge in [0, 0.05) is 12.8 Å². The highest BCUT2D eigenvalue weighted by molar-refractivity contribution is 7.98. The van der Waals surface area contributed by atoms with E-state index in [1.165, 1.54) is 16.3 Å². The zero-order chi connectivity index (χ0) is 21.5. The highest BCUT2D eigenvalue weighted by Crippen LogP contribution is 2.28. The van der Waals surface area contributed by atoms with Crippen molar-refractivity contribution in [2.45, 2.75) is 17.8 Å². The van der Waals surface area contributed by atoms with Gasteiger partial charge in [0.05, 0.1) is 33.5 Å². The number of benzene rings is 2. The molecular weight excluding hydrogens is 410 g/mol. The molecule has 0 saturated carbocycles. The van der Waals surface area contributed by atoms with Crippen LogP contribution in [0, 0.1) is 18.3 Å². The van der Waals surface area contributed by atoms with Crippen molar-refractivity contribution in [3.63, 3.8) is 0 Å². The van der Waals surface area contributed by atoms with Gasteiger partial charge < -0.3 is 0 Å². The van der Waals surface area contributed by atoms with Gasteiger partial charge in [0.1, 0.15) is 6.07 Å². The number of fused-ring (bicyclic) bond motifs is 3. The van der Waals surface area contributed by atoms with Crippen LogP contribution < -0.4 is 5.56 Å². The molecule has 0 fully saturated rings. The van der Waals surface area contributed by atoms with E-state index in [2.05, 4.69) is 21.4 Å². The van der Waals surface area contributed by atoms with E-state index in [0.717, 1.165) is 16.9 Å². The maximum Gasteiger partial charge on any atom is 0.262 e. The minimum absolute atomic E-state index is 0.114. The van der Waals surface area contributed by atoms with Crippen molar-refractivity contribution in [1.29, 1.82) is 5.26 Å². The number of aryl methyl sites for hydroxylation is 2. The summed E-state index contributed by atoms with van der Waals surface area (Å²) in [5.41, 5.74) is 3.56. The Balaban J connectivity index is 1.62. The minimum atomic E-state index is -0.114. The third-order valence-electron chi connectivity index (χ3n) is 5.20. The maximum atomic E-state index is 12.6. The van der Waals surface area contributed by atoms with E-state index in [0.29, 0.717) is 33.3 Å². The van der Waals surface area contributed by atoms with Crippen LogP contribution in [0.4, 0.5) is 0 Å². The molecule has 0 spiro atoms. The molecule has 9 heteroatoms. The molecule has 0 saturated heterocycles. The van der Waals surface area contributed by atoms with Gasteiger partial charge in [0.25, 0.3) is 5.56 Å². The molecule has 0 aliphatic heterocycles. The van der Waals surface area contributed by atoms with Crippen molar-refractivity contribution >= 4 is 28.4 Å². The fraction of sp³-hybridized carbons (Fsp3) is 0.136. The Hall–Kier alpha value is -3.90. The third kappa shape index (κ3) is 3.00. The average molecular weight is 427 g/mol. The monoisotopic (exact) mass is 427 g/mol. The summed E-state index contributed by atoms with van der Waals surface area (Å²) < 4.78 is 5.18. The molecule has 8 nitrogen and oxygen atoms in total. The zero-order valence-electron chi connectivity index (χ0n) is 16.9. The molecule has 0 aliphatic carbocycles. The number of rotatable bonds is 4. The Morgan fingerprint density at radius 2 is 1.81 bits per heavy atom. The van der Waals surface area contributed by atoms with Gasteiger partial charge >= 0.3 is 0 Å². The molecule has 3 heterocycles. The lowest BCUT2D eigenvalue weighted by atomic mass is 10.2. The molecule has 5 rings (SSSR count). The van der Waals surface area contributed by atoms with E-state index in [4.69, 9.17) is 0 Å². The van der Waals surface area contributed by atoms with Crippen LogP contribution in [0.3, 0.4) is 0 Å². The lowest BCUT2D eigenvalue weighted by molar-refractivity contribution is 0.826. The SMILES string of the molecule is Cc1nn(-c2ccccc2)c(CSc2nnc3n(C)c(=O)c4ccccc4n23)c1C#N. The second-order valence-electron chi connectivity index (χ2n) is 7.05. The van der Waals surface area contributed by atoms with E-state index in [1.807, 2.05) is 59.9 Å². The quantitative estimate of drug-likeness (QED) is 0.409. The summed E-state index contributed by atoms with van der Waals surface area (Å²) in [6, 6.07) is 19.4. The number of nitrogens with zero attached hydrogens (tertiary/aromatic N) is 7. The van der Waals surface area contributed by atoms with Crippen LogP contribution in [0.15, 0.2) is 64.5 Å². The summed E-state index contributed by atoms with van der Waals surface area (Å²) in [6.07, 6.45) is 0. The van der Waals surface area contributed by atoms with E-state index < -0.39 is 0 Å². The molecule has 2 aromatic carbocycles. The van der Waals surface area contributed by atoms with Crippen LogP contribution in [0.1, 0.15) is 17.0 Å². The van der Waals surface area contributed by atoms with Gasteiger partial charge in [-0.15, -0.1) is 10.2 Å². The van der Waals surface area contributed by atoms with E-state index >= 15 is 0 Å². The summed E-state index contributed by atoms with van der Waals surface area (Å²) in [5, 5.41) is 24.1. The van der Waals surface area contributed by atoms with Gasteiger partial charge in [-0.25, -0.2) is 4.68 Å². The first-order chi connectivity index (χ1) is 15.1. The molecule has 3 aromatic heterocycles. The predicted octanol–water partition coefficient (Wildman–Crippen LogP) is 3.24. The molecule has 5 aromatic rings. The molecule has 0 unspecified atom stereocenters. The molecule has 0 N–H and O–H groups in total. The molecule has 31 heavy (non-hydrogen) atoms. The fourth-order valence-corrected chi connectivity index (χ4v) is 4.61. The van der Waals surface area contributed by atoms with Crippen LogP contribution in [-0.4, -0.2) is 28.9 Å². The van der Waals surface area contributed by atoms with Gasteiger partial charge in [-0.2, -0.15) is 10.4 Å². The van der Waals surface area contributed by atoms with E-state index in [9.17, 15) is 10.1 Å². The van der Waals surface area contributed by atoms with Gasteiger partial charge in [-0.05, 0) is 31.2 Å². The molecular formula is C22H17N7OS. The summed E-state index contributed by atoms with van der Waals surface area (Å²) in [4.78, 5) is 12.6. The molecule has 152 valence electrons. The van der Waals surface area contributed by atoms with Gasteiger partial charge in [-0.3, -0.25) is 13.8 Å². The largest absolute Gasteiger partial charge is 0.279 e. The average Bonchev–Trinajstić information content (AvgIpc) is 3.37. The lowest BCUT2D eigenvalue weighted by Crippen LogP contribution is -2.20. The van der Waals surface area contributed by atoms with Crippen molar-refractivity contribution in [2.24, 2.45) is 7.05 Å². The molecule has 0 bridgehead atoms. The van der Waals surface area contributed by atoms with Crippen LogP contribution >= 0.6 is 11.8 Å². The zero-order valence-corrected chi connectivity index (χ0v) is 17.7. The topological polar surface area (TPSA) is 93.8 Å². The molecule has 0 amide bonds. The van der Waals surface area contributed by atoms with Crippen LogP contribution in [0.25, 0.3) is 22.4 Å². The number of hydrogen-bond donors (Lipinski definition) is 0. The molecule has 0 atom stereocenters. The van der Waals surface area contributed by atoms with Gasteiger partial charge in [-0.1, -0.05) is 42.1 Å². The number of thioether (sulfide) groups is 1. The Morgan fingerprint density at radius 1 is 1.06 bits per heavy atom. The minimum Gasteiger partial charge on any atom is -0.279 e. The Labute approximate surface area is 181 Å². The normalized spacial score (nSPS) is 11.3. The number of hydrogen-bond acceptors (Lipinski definition) is 6. The Bertz CT molecular complexity index is 1540. The first-order valence-electron chi connectivity index (χ1n) is 9.60. The fourth-order valence-electron chi connectivity index (χ4n) is 3.67. The highest BCUT2D eigenvalue weighted by Gasteiger charge is 2.19. The Kier molecular flexibility index (Phi) is 4.56. The standard InChI is InChI=1S/C22H17N7OS/c1-14-17(12-23)19(29(26-14)15-8-4-3-5-9-15)13-31-22-25-24-21-27(2)20(30)16-10-6-7-11-18(16)28(21)22/h3-11H,13H2,1-2H3. The molecule has 0 aliphatic rings. The smallest absolute Gasteiger partial charge is 0.262 e. The lowest BCUT2D eigenvalue weighted by Gasteiger charge is -2.09. The van der Waals surface area contributed by atoms with Crippen LogP contribution in [0.2, 0.25) is 0 Å². The summed E-state index contributed by atoms with van der Waals surface area (Å²) in [7, 11) is 1.69. The van der Waals surface area contributed by atoms with Gasteiger partial charge in [0.15, 0.2) is 5.16 Å². The van der Waals surface area contributed by atoms with Crippen molar-refractivity contribution < 1.29 is 0 Å². The number of nitriles is 1. The van der Waals surface area contributed by atoms with Crippen molar-refractivity contribution in [3.8, 4) is 11.8 Å². The predicted molar refractivity (Wildman–Crippen MR) is 118 cm³/mol. The van der Waals surface area contributed by atoms with Crippen molar-refractivity contribution in [2.75, 3.05) is 0 Å². The van der Waals surface area contributed by atoms with Crippen LogP contribution in [-0.2, 0) is 12.8 Å². The van der Waals surface area contributed by atoms with Gasteiger partial charge in [0.2, 0.25) is 5.78 Å². The third-order valence-corrected chi connectivity index (χ3v) is 6.14. The van der Waals surface area contributed by atoms with E-state index in [-0.39, 0.29) is 5.56 Å². The van der Waals surface area contributed by atoms with Crippen LogP contribution in [0.5, 0.6) is 0 Å². The first kappa shape index (κ1) is 19.1. The summed E-state index contributed by atoms with van der Waals surface area (Å²) >= 11 is 1.45. The second-order valence-corrected chi connectivity index (χ2v) is 8.00. The van der Waals surface area contributed by atoms with E-state index in [1.54, 1.807) is 17.8 Å². The molecule has 0 radical (unpaired) electrons. The number of aromatic nitrogens is 6. The maximum absolute atomic E-state index is 12.6.